The van der Waals surface area contributed by atoms with Gasteiger partial charge in [0, 0.05) is 33.6 Å². The Balaban J connectivity index is 1.61. The van der Waals surface area contributed by atoms with Gasteiger partial charge in [0.25, 0.3) is 11.5 Å². The van der Waals surface area contributed by atoms with Crippen LogP contribution in [0.5, 0.6) is 0 Å². The normalized spacial score (nSPS) is 10.7. The van der Waals surface area contributed by atoms with Gasteiger partial charge in [0.2, 0.25) is 5.91 Å². The van der Waals surface area contributed by atoms with Gasteiger partial charge in [0.05, 0.1) is 5.39 Å². The first-order chi connectivity index (χ1) is 13.9. The molecule has 0 atom stereocenters. The molecule has 0 saturated heterocycles. The molecule has 1 aromatic carbocycles. The van der Waals surface area contributed by atoms with Gasteiger partial charge in [-0.2, -0.15) is 0 Å². The smallest absolute Gasteiger partial charge is 0.332 e. The fourth-order valence-corrected chi connectivity index (χ4v) is 2.85. The van der Waals surface area contributed by atoms with Crippen molar-refractivity contribution in [1.82, 2.24) is 24.8 Å². The average molecular weight is 395 g/mol. The van der Waals surface area contributed by atoms with E-state index in [1.165, 1.54) is 30.8 Å². The molecule has 3 aromatic rings. The second-order valence-corrected chi connectivity index (χ2v) is 6.54. The molecular formula is C20H21N5O4. The van der Waals surface area contributed by atoms with Crippen molar-refractivity contribution in [1.29, 1.82) is 0 Å². The van der Waals surface area contributed by atoms with Crippen molar-refractivity contribution in [3.63, 3.8) is 0 Å². The Morgan fingerprint density at radius 1 is 0.966 bits per heavy atom. The highest BCUT2D eigenvalue weighted by Gasteiger charge is 2.14. The van der Waals surface area contributed by atoms with Crippen LogP contribution in [-0.2, 0) is 25.4 Å². The molecule has 3 rings (SSSR count). The maximum absolute atomic E-state index is 12.3. The number of amides is 2. The maximum Gasteiger partial charge on any atom is 0.332 e. The summed E-state index contributed by atoms with van der Waals surface area (Å²) in [7, 11) is 2.86. The molecule has 29 heavy (non-hydrogen) atoms. The fourth-order valence-electron chi connectivity index (χ4n) is 2.85. The lowest BCUT2D eigenvalue weighted by molar-refractivity contribution is -0.121. The minimum absolute atomic E-state index is 0.0606. The molecule has 0 fully saturated rings. The highest BCUT2D eigenvalue weighted by atomic mass is 16.2. The van der Waals surface area contributed by atoms with Gasteiger partial charge in [0.1, 0.15) is 11.3 Å². The summed E-state index contributed by atoms with van der Waals surface area (Å²) < 4.78 is 2.20. The third kappa shape index (κ3) is 4.40. The predicted octanol–water partition coefficient (Wildman–Crippen LogP) is 0.0685. The summed E-state index contributed by atoms with van der Waals surface area (Å²) in [6, 6.07) is 12.4. The number of aromatic nitrogens is 3. The molecule has 0 aliphatic rings. The molecule has 2 amide bonds. The zero-order chi connectivity index (χ0) is 21.0. The molecule has 0 unspecified atom stereocenters. The maximum atomic E-state index is 12.3. The van der Waals surface area contributed by atoms with Crippen LogP contribution in [0.2, 0.25) is 0 Å². The molecule has 0 saturated carbocycles. The first-order valence-corrected chi connectivity index (χ1v) is 9.04. The third-order valence-electron chi connectivity index (χ3n) is 4.50. The van der Waals surface area contributed by atoms with Crippen molar-refractivity contribution < 1.29 is 9.59 Å². The lowest BCUT2D eigenvalue weighted by Gasteiger charge is -2.09. The van der Waals surface area contributed by atoms with Crippen LogP contribution in [-0.4, -0.2) is 32.5 Å². The van der Waals surface area contributed by atoms with Gasteiger partial charge < -0.3 is 10.6 Å². The van der Waals surface area contributed by atoms with E-state index in [0.29, 0.717) is 6.54 Å². The molecular weight excluding hydrogens is 374 g/mol. The van der Waals surface area contributed by atoms with Crippen molar-refractivity contribution in [3.05, 3.63) is 74.6 Å². The highest BCUT2D eigenvalue weighted by Crippen LogP contribution is 2.06. The minimum Gasteiger partial charge on any atom is -0.352 e. The van der Waals surface area contributed by atoms with Crippen LogP contribution in [0.4, 0.5) is 0 Å². The van der Waals surface area contributed by atoms with Crippen molar-refractivity contribution in [2.75, 3.05) is 6.54 Å². The van der Waals surface area contributed by atoms with Gasteiger partial charge in [-0.05, 0) is 17.7 Å². The second-order valence-electron chi connectivity index (χ2n) is 6.54. The molecule has 9 heteroatoms. The first kappa shape index (κ1) is 20.0. The summed E-state index contributed by atoms with van der Waals surface area (Å²) in [6.07, 6.45) is 0.116. The van der Waals surface area contributed by atoms with Crippen LogP contribution in [0.15, 0.2) is 52.1 Å². The zero-order valence-corrected chi connectivity index (χ0v) is 16.1. The summed E-state index contributed by atoms with van der Waals surface area (Å²) in [5.41, 5.74) is 0.180. The van der Waals surface area contributed by atoms with Gasteiger partial charge in [-0.25, -0.2) is 9.78 Å². The molecule has 150 valence electrons. The number of aryl methyl sites for hydroxylation is 1. The zero-order valence-electron chi connectivity index (χ0n) is 16.1. The number of carbonyl (C=O) groups is 2. The Labute approximate surface area is 166 Å². The second kappa shape index (κ2) is 8.51. The van der Waals surface area contributed by atoms with Crippen LogP contribution in [0, 0.1) is 0 Å². The number of hydrogen-bond acceptors (Lipinski definition) is 5. The monoisotopic (exact) mass is 395 g/mol. The average Bonchev–Trinajstić information content (AvgIpc) is 2.75. The molecule has 0 radical (unpaired) electrons. The third-order valence-corrected chi connectivity index (χ3v) is 4.50. The van der Waals surface area contributed by atoms with Crippen LogP contribution < -0.4 is 21.9 Å². The Morgan fingerprint density at radius 2 is 1.69 bits per heavy atom. The Bertz CT molecular complexity index is 1180. The molecule has 0 aliphatic carbocycles. The predicted molar refractivity (Wildman–Crippen MR) is 107 cm³/mol. The van der Waals surface area contributed by atoms with E-state index >= 15 is 0 Å². The SMILES string of the molecule is Cn1c(=O)c2ccc(C(=O)NCCC(=O)NCc3ccccc3)nc2n(C)c1=O. The standard InChI is InChI=1S/C20H21N5O4/c1-24-17-14(19(28)25(2)20(24)29)8-9-15(23-17)18(27)21-11-10-16(26)22-12-13-6-4-3-5-7-13/h3-9H,10-12H2,1-2H3,(H,21,27)(H,22,26). The Kier molecular flexibility index (Phi) is 5.87. The van der Waals surface area contributed by atoms with E-state index in [2.05, 4.69) is 15.6 Å². The lowest BCUT2D eigenvalue weighted by Crippen LogP contribution is -2.37. The van der Waals surface area contributed by atoms with Gasteiger partial charge >= 0.3 is 5.69 Å². The van der Waals surface area contributed by atoms with Crippen LogP contribution >= 0.6 is 0 Å². The van der Waals surface area contributed by atoms with E-state index in [0.717, 1.165) is 10.1 Å². The van der Waals surface area contributed by atoms with Crippen LogP contribution in [0.1, 0.15) is 22.5 Å². The minimum atomic E-state index is -0.525. The number of pyridine rings is 1. The number of benzene rings is 1. The van der Waals surface area contributed by atoms with E-state index in [1.54, 1.807) is 0 Å². The molecule has 0 aliphatic heterocycles. The summed E-state index contributed by atoms with van der Waals surface area (Å²) in [6.45, 7) is 0.553. The molecule has 0 spiro atoms. The summed E-state index contributed by atoms with van der Waals surface area (Å²) in [5.74, 6) is -0.678. The number of fused-ring (bicyclic) bond motifs is 1. The molecule has 0 bridgehead atoms. The number of nitrogens with zero attached hydrogens (tertiary/aromatic N) is 3. The van der Waals surface area contributed by atoms with Gasteiger partial charge in [-0.1, -0.05) is 30.3 Å². The van der Waals surface area contributed by atoms with Gasteiger partial charge in [-0.3, -0.25) is 23.5 Å². The molecule has 2 heterocycles. The molecule has 9 nitrogen and oxygen atoms in total. The largest absolute Gasteiger partial charge is 0.352 e. The topological polar surface area (TPSA) is 115 Å². The Morgan fingerprint density at radius 3 is 2.41 bits per heavy atom. The molecule has 2 N–H and O–H groups in total. The van der Waals surface area contributed by atoms with Gasteiger partial charge in [0.15, 0.2) is 0 Å². The van der Waals surface area contributed by atoms with Crippen molar-refractivity contribution in [2.45, 2.75) is 13.0 Å². The van der Waals surface area contributed by atoms with Crippen LogP contribution in [0.25, 0.3) is 11.0 Å². The summed E-state index contributed by atoms with van der Waals surface area (Å²) in [4.78, 5) is 52.6. The summed E-state index contributed by atoms with van der Waals surface area (Å²) >= 11 is 0. The number of carbonyl (C=O) groups excluding carboxylic acids is 2. The quantitative estimate of drug-likeness (QED) is 0.613. The van der Waals surface area contributed by atoms with Crippen LogP contribution in [0.3, 0.4) is 0 Å². The van der Waals surface area contributed by atoms with Crippen molar-refractivity contribution in [2.24, 2.45) is 14.1 Å². The van der Waals surface area contributed by atoms with Crippen molar-refractivity contribution in [3.8, 4) is 0 Å². The van der Waals surface area contributed by atoms with E-state index in [-0.39, 0.29) is 35.6 Å². The number of hydrogen-bond donors (Lipinski definition) is 2. The first-order valence-electron chi connectivity index (χ1n) is 9.04. The van der Waals surface area contributed by atoms with Gasteiger partial charge in [-0.15, -0.1) is 0 Å². The molecule has 2 aromatic heterocycles. The van der Waals surface area contributed by atoms with E-state index in [9.17, 15) is 19.2 Å². The van der Waals surface area contributed by atoms with Crippen molar-refractivity contribution >= 4 is 22.8 Å². The number of rotatable bonds is 6. The van der Waals surface area contributed by atoms with E-state index in [4.69, 9.17) is 0 Å². The summed E-state index contributed by atoms with van der Waals surface area (Å²) in [5, 5.41) is 5.64. The lowest BCUT2D eigenvalue weighted by atomic mass is 10.2. The number of nitrogens with one attached hydrogen (secondary N) is 2. The fraction of sp³-hybridized carbons (Fsp3) is 0.250. The van der Waals surface area contributed by atoms with E-state index in [1.807, 2.05) is 30.3 Å². The highest BCUT2D eigenvalue weighted by molar-refractivity contribution is 5.94. The Hall–Kier alpha value is -3.75. The van der Waals surface area contributed by atoms with E-state index < -0.39 is 17.2 Å².